The van der Waals surface area contributed by atoms with Crippen molar-refractivity contribution in [1.82, 2.24) is 14.9 Å². The number of nitrogens with zero attached hydrogens (tertiary/aromatic N) is 2. The summed E-state index contributed by atoms with van der Waals surface area (Å²) in [7, 11) is 0. The highest BCUT2D eigenvalue weighted by atomic mass is 35.5. The molecule has 3 aromatic rings. The fourth-order valence-electron chi connectivity index (χ4n) is 2.61. The van der Waals surface area contributed by atoms with Crippen LogP contribution in [-0.2, 0) is 17.1 Å². The predicted octanol–water partition coefficient (Wildman–Crippen LogP) is 4.38. The summed E-state index contributed by atoms with van der Waals surface area (Å²) in [5.74, 6) is 2.16. The number of aromatic nitrogens is 2. The molecular formula is C20H20ClN3OS. The minimum absolute atomic E-state index is 0.0288. The molecule has 0 spiro atoms. The molecule has 0 atom stereocenters. The van der Waals surface area contributed by atoms with Crippen LogP contribution in [0.1, 0.15) is 17.0 Å². The second-order valence-electron chi connectivity index (χ2n) is 5.87. The van der Waals surface area contributed by atoms with Crippen molar-refractivity contribution in [2.75, 3.05) is 5.75 Å². The van der Waals surface area contributed by atoms with Gasteiger partial charge in [0.2, 0.25) is 5.91 Å². The number of hydrogen-bond donors (Lipinski definition) is 1. The lowest BCUT2D eigenvalue weighted by Gasteiger charge is -2.12. The Hall–Kier alpha value is -2.24. The van der Waals surface area contributed by atoms with E-state index in [9.17, 15) is 4.79 Å². The smallest absolute Gasteiger partial charge is 0.230 e. The van der Waals surface area contributed by atoms with Gasteiger partial charge < -0.3 is 9.88 Å². The summed E-state index contributed by atoms with van der Waals surface area (Å²) in [4.78, 5) is 16.4. The van der Waals surface area contributed by atoms with Crippen molar-refractivity contribution >= 4 is 29.3 Å². The first-order chi connectivity index (χ1) is 12.6. The SMILES string of the molecule is Cc1nccn1-c1ccccc1CNC(=O)CSCc1ccc(Cl)cc1. The van der Waals surface area contributed by atoms with Crippen LogP contribution in [0.5, 0.6) is 0 Å². The van der Waals surface area contributed by atoms with Gasteiger partial charge in [-0.3, -0.25) is 4.79 Å². The van der Waals surface area contributed by atoms with Crippen LogP contribution in [-0.4, -0.2) is 21.2 Å². The topological polar surface area (TPSA) is 46.9 Å². The highest BCUT2D eigenvalue weighted by Gasteiger charge is 2.08. The minimum atomic E-state index is 0.0288. The average Bonchev–Trinajstić information content (AvgIpc) is 3.08. The van der Waals surface area contributed by atoms with Gasteiger partial charge in [-0.2, -0.15) is 0 Å². The van der Waals surface area contributed by atoms with Gasteiger partial charge in [-0.25, -0.2) is 4.98 Å². The van der Waals surface area contributed by atoms with E-state index in [2.05, 4.69) is 10.3 Å². The number of hydrogen-bond acceptors (Lipinski definition) is 3. The van der Waals surface area contributed by atoms with Gasteiger partial charge >= 0.3 is 0 Å². The Labute approximate surface area is 162 Å². The van der Waals surface area contributed by atoms with E-state index in [1.54, 1.807) is 18.0 Å². The fraction of sp³-hybridized carbons (Fsp3) is 0.200. The Bertz CT molecular complexity index is 877. The first kappa shape index (κ1) is 18.5. The van der Waals surface area contributed by atoms with Gasteiger partial charge in [-0.05, 0) is 36.2 Å². The maximum Gasteiger partial charge on any atom is 0.230 e. The number of benzene rings is 2. The summed E-state index contributed by atoms with van der Waals surface area (Å²) in [5.41, 5.74) is 3.26. The first-order valence-corrected chi connectivity index (χ1v) is 9.84. The Morgan fingerprint density at radius 3 is 2.69 bits per heavy atom. The zero-order valence-corrected chi connectivity index (χ0v) is 16.1. The number of aryl methyl sites for hydroxylation is 1. The normalized spacial score (nSPS) is 10.7. The standard InChI is InChI=1S/C20H20ClN3OS/c1-15-22-10-11-24(15)19-5-3-2-4-17(19)12-23-20(25)14-26-13-16-6-8-18(21)9-7-16/h2-11H,12-14H2,1H3,(H,23,25). The quantitative estimate of drug-likeness (QED) is 0.656. The molecule has 0 unspecified atom stereocenters. The number of thioether (sulfide) groups is 1. The monoisotopic (exact) mass is 385 g/mol. The van der Waals surface area contributed by atoms with Crippen molar-refractivity contribution in [1.29, 1.82) is 0 Å². The number of nitrogens with one attached hydrogen (secondary N) is 1. The molecule has 134 valence electrons. The molecule has 6 heteroatoms. The van der Waals surface area contributed by atoms with Gasteiger partial charge in [0, 0.05) is 29.7 Å². The third-order valence-electron chi connectivity index (χ3n) is 3.97. The molecular weight excluding hydrogens is 366 g/mol. The average molecular weight is 386 g/mol. The van der Waals surface area contributed by atoms with Crippen LogP contribution >= 0.6 is 23.4 Å². The molecule has 0 saturated heterocycles. The Balaban J connectivity index is 1.52. The van der Waals surface area contributed by atoms with Gasteiger partial charge in [-0.1, -0.05) is 41.9 Å². The maximum absolute atomic E-state index is 12.2. The van der Waals surface area contributed by atoms with Gasteiger partial charge in [0.1, 0.15) is 5.82 Å². The van der Waals surface area contributed by atoms with Gasteiger partial charge in [0.25, 0.3) is 0 Å². The summed E-state index contributed by atoms with van der Waals surface area (Å²) in [6.07, 6.45) is 3.70. The summed E-state index contributed by atoms with van der Waals surface area (Å²) in [6, 6.07) is 15.7. The lowest BCUT2D eigenvalue weighted by atomic mass is 10.1. The van der Waals surface area contributed by atoms with Crippen LogP contribution in [0.25, 0.3) is 5.69 Å². The second-order valence-corrected chi connectivity index (χ2v) is 7.29. The summed E-state index contributed by atoms with van der Waals surface area (Å²) < 4.78 is 2.02. The van der Waals surface area contributed by atoms with E-state index >= 15 is 0 Å². The van der Waals surface area contributed by atoms with Crippen LogP contribution < -0.4 is 5.32 Å². The number of halogens is 1. The number of carbonyl (C=O) groups is 1. The van der Waals surface area contributed by atoms with E-state index in [1.807, 2.05) is 66.2 Å². The molecule has 0 bridgehead atoms. The molecule has 0 radical (unpaired) electrons. The molecule has 26 heavy (non-hydrogen) atoms. The Kier molecular flexibility index (Phi) is 6.36. The summed E-state index contributed by atoms with van der Waals surface area (Å²) >= 11 is 7.47. The molecule has 1 aromatic heterocycles. The number of amides is 1. The molecule has 0 fully saturated rings. The highest BCUT2D eigenvalue weighted by Crippen LogP contribution is 2.17. The van der Waals surface area contributed by atoms with Gasteiger partial charge in [0.15, 0.2) is 0 Å². The van der Waals surface area contributed by atoms with Crippen LogP contribution in [0.15, 0.2) is 60.9 Å². The Morgan fingerprint density at radius 2 is 1.96 bits per heavy atom. The van der Waals surface area contributed by atoms with E-state index < -0.39 is 0 Å². The molecule has 0 saturated carbocycles. The van der Waals surface area contributed by atoms with Crippen molar-refractivity contribution in [3.8, 4) is 5.69 Å². The third kappa shape index (κ3) is 4.90. The number of para-hydroxylation sites is 1. The van der Waals surface area contributed by atoms with Crippen molar-refractivity contribution in [2.24, 2.45) is 0 Å². The van der Waals surface area contributed by atoms with Crippen LogP contribution in [0, 0.1) is 6.92 Å². The lowest BCUT2D eigenvalue weighted by molar-refractivity contribution is -0.118. The van der Waals surface area contributed by atoms with Crippen LogP contribution in [0.4, 0.5) is 0 Å². The molecule has 4 nitrogen and oxygen atoms in total. The molecule has 0 aliphatic heterocycles. The summed E-state index contributed by atoms with van der Waals surface area (Å²) in [5, 5.41) is 3.73. The highest BCUT2D eigenvalue weighted by molar-refractivity contribution is 7.99. The molecule has 1 heterocycles. The zero-order valence-electron chi connectivity index (χ0n) is 14.5. The van der Waals surface area contributed by atoms with Crippen LogP contribution in [0.3, 0.4) is 0 Å². The van der Waals surface area contributed by atoms with E-state index in [1.165, 1.54) is 0 Å². The second kappa shape index (κ2) is 8.92. The number of rotatable bonds is 7. The van der Waals surface area contributed by atoms with Gasteiger partial charge in [-0.15, -0.1) is 11.8 Å². The number of carbonyl (C=O) groups excluding carboxylic acids is 1. The third-order valence-corrected chi connectivity index (χ3v) is 5.22. The van der Waals surface area contributed by atoms with Crippen molar-refractivity contribution < 1.29 is 4.79 Å². The van der Waals surface area contributed by atoms with E-state index in [0.29, 0.717) is 12.3 Å². The molecule has 0 aliphatic carbocycles. The zero-order chi connectivity index (χ0) is 18.4. The van der Waals surface area contributed by atoms with Gasteiger partial charge in [0.05, 0.1) is 11.4 Å². The maximum atomic E-state index is 12.2. The largest absolute Gasteiger partial charge is 0.351 e. The molecule has 3 rings (SSSR count). The molecule has 2 aromatic carbocycles. The lowest BCUT2D eigenvalue weighted by Crippen LogP contribution is -2.25. The summed E-state index contributed by atoms with van der Waals surface area (Å²) in [6.45, 7) is 2.46. The fourth-order valence-corrected chi connectivity index (χ4v) is 3.56. The first-order valence-electron chi connectivity index (χ1n) is 8.30. The van der Waals surface area contributed by atoms with Crippen molar-refractivity contribution in [2.45, 2.75) is 19.2 Å². The van der Waals surface area contributed by atoms with Crippen LogP contribution in [0.2, 0.25) is 5.02 Å². The van der Waals surface area contributed by atoms with E-state index in [4.69, 9.17) is 11.6 Å². The van der Waals surface area contributed by atoms with E-state index in [0.717, 1.165) is 33.4 Å². The minimum Gasteiger partial charge on any atom is -0.351 e. The van der Waals surface area contributed by atoms with Crippen molar-refractivity contribution in [3.05, 3.63) is 82.9 Å². The predicted molar refractivity (Wildman–Crippen MR) is 108 cm³/mol. The van der Waals surface area contributed by atoms with Crippen molar-refractivity contribution in [3.63, 3.8) is 0 Å². The number of imidazole rings is 1. The molecule has 0 aliphatic rings. The Morgan fingerprint density at radius 1 is 1.19 bits per heavy atom. The molecule has 1 N–H and O–H groups in total. The van der Waals surface area contributed by atoms with E-state index in [-0.39, 0.29) is 5.91 Å². The molecule has 1 amide bonds.